The predicted octanol–water partition coefficient (Wildman–Crippen LogP) is 3.27. The first-order chi connectivity index (χ1) is 12.4. The zero-order valence-corrected chi connectivity index (χ0v) is 16.2. The topological polar surface area (TPSA) is 55.2 Å². The van der Waals surface area contributed by atoms with E-state index in [9.17, 15) is 14.0 Å². The van der Waals surface area contributed by atoms with Crippen LogP contribution >= 0.6 is 23.1 Å². The highest BCUT2D eigenvalue weighted by Crippen LogP contribution is 2.25. The number of hydrogen-bond donors (Lipinski definition) is 0. The van der Waals surface area contributed by atoms with Crippen molar-refractivity contribution < 1.29 is 9.18 Å². The number of hydrogen-bond acceptors (Lipinski definition) is 5. The summed E-state index contributed by atoms with van der Waals surface area (Å²) < 4.78 is 14.8. The van der Waals surface area contributed by atoms with E-state index in [1.165, 1.54) is 39.8 Å². The first kappa shape index (κ1) is 18.6. The molecular formula is C18H18FN3O2S2. The average molecular weight is 391 g/mol. The number of aromatic nitrogens is 2. The number of halogens is 1. The van der Waals surface area contributed by atoms with E-state index in [-0.39, 0.29) is 17.3 Å². The van der Waals surface area contributed by atoms with Crippen LogP contribution in [0.5, 0.6) is 0 Å². The maximum Gasteiger partial charge on any atom is 0.262 e. The molecule has 2 aromatic heterocycles. The van der Waals surface area contributed by atoms with Crippen LogP contribution in [0.1, 0.15) is 12.5 Å². The van der Waals surface area contributed by atoms with Gasteiger partial charge in [0.15, 0.2) is 5.16 Å². The molecule has 1 aromatic carbocycles. The monoisotopic (exact) mass is 391 g/mol. The molecule has 5 nitrogen and oxygen atoms in total. The van der Waals surface area contributed by atoms with Crippen LogP contribution in [0.2, 0.25) is 0 Å². The second-order valence-corrected chi connectivity index (χ2v) is 8.18. The highest BCUT2D eigenvalue weighted by atomic mass is 32.2. The summed E-state index contributed by atoms with van der Waals surface area (Å²) in [6.07, 6.45) is 0. The molecule has 0 spiro atoms. The van der Waals surface area contributed by atoms with Crippen molar-refractivity contribution in [3.8, 4) is 0 Å². The van der Waals surface area contributed by atoms with Crippen molar-refractivity contribution in [2.75, 3.05) is 7.05 Å². The second-order valence-electron chi connectivity index (χ2n) is 5.98. The average Bonchev–Trinajstić information content (AvgIpc) is 3.07. The van der Waals surface area contributed by atoms with Gasteiger partial charge in [-0.15, -0.1) is 11.3 Å². The quantitative estimate of drug-likeness (QED) is 0.495. The lowest BCUT2D eigenvalue weighted by molar-refractivity contribution is -0.129. The summed E-state index contributed by atoms with van der Waals surface area (Å²) >= 11 is 2.65. The standard InChI is InChI=1S/C18H18FN3O2S2/c1-11(16(23)21(2)10-12-5-4-6-13(19)9-12)26-18-20-15-14(7-8-25-15)17(24)22(18)3/h4-9,11H,10H2,1-3H3. The van der Waals surface area contributed by atoms with Gasteiger partial charge in [-0.25, -0.2) is 9.37 Å². The van der Waals surface area contributed by atoms with Crippen molar-refractivity contribution in [1.29, 1.82) is 0 Å². The van der Waals surface area contributed by atoms with E-state index >= 15 is 0 Å². The fourth-order valence-corrected chi connectivity index (χ4v) is 4.39. The molecule has 3 rings (SSSR count). The summed E-state index contributed by atoms with van der Waals surface area (Å²) in [7, 11) is 3.33. The van der Waals surface area contributed by atoms with Gasteiger partial charge in [0.2, 0.25) is 5.91 Å². The summed E-state index contributed by atoms with van der Waals surface area (Å²) in [4.78, 5) is 31.7. The van der Waals surface area contributed by atoms with E-state index in [4.69, 9.17) is 0 Å². The molecule has 0 aliphatic rings. The molecule has 1 amide bonds. The molecule has 2 heterocycles. The number of thioether (sulfide) groups is 1. The summed E-state index contributed by atoms with van der Waals surface area (Å²) in [6.45, 7) is 2.09. The molecule has 0 fully saturated rings. The van der Waals surface area contributed by atoms with Gasteiger partial charge < -0.3 is 4.90 Å². The Balaban J connectivity index is 1.75. The highest BCUT2D eigenvalue weighted by Gasteiger charge is 2.21. The number of carbonyl (C=O) groups excluding carboxylic acids is 1. The Morgan fingerprint density at radius 3 is 2.92 bits per heavy atom. The van der Waals surface area contributed by atoms with Gasteiger partial charge in [0.25, 0.3) is 5.56 Å². The van der Waals surface area contributed by atoms with Crippen molar-refractivity contribution in [3.05, 3.63) is 57.4 Å². The zero-order valence-electron chi connectivity index (χ0n) is 14.6. The van der Waals surface area contributed by atoms with Gasteiger partial charge >= 0.3 is 0 Å². The fourth-order valence-electron chi connectivity index (χ4n) is 2.59. The summed E-state index contributed by atoms with van der Waals surface area (Å²) in [6, 6.07) is 7.94. The number of amides is 1. The molecule has 8 heteroatoms. The van der Waals surface area contributed by atoms with Crippen LogP contribution in [0.4, 0.5) is 4.39 Å². The van der Waals surface area contributed by atoms with Crippen LogP contribution < -0.4 is 5.56 Å². The van der Waals surface area contributed by atoms with E-state index in [0.717, 1.165) is 5.56 Å². The minimum atomic E-state index is -0.427. The molecule has 0 aliphatic carbocycles. The SMILES string of the molecule is CC(Sc1nc2sccc2c(=O)n1C)C(=O)N(C)Cc1cccc(F)c1. The number of thiophene rings is 1. The number of nitrogens with zero attached hydrogens (tertiary/aromatic N) is 3. The van der Waals surface area contributed by atoms with Crippen molar-refractivity contribution in [2.24, 2.45) is 7.05 Å². The van der Waals surface area contributed by atoms with E-state index in [1.807, 2.05) is 5.38 Å². The predicted molar refractivity (Wildman–Crippen MR) is 103 cm³/mol. The number of fused-ring (bicyclic) bond motifs is 1. The lowest BCUT2D eigenvalue weighted by Gasteiger charge is -2.21. The molecule has 0 radical (unpaired) electrons. The second kappa shape index (κ2) is 7.59. The van der Waals surface area contributed by atoms with E-state index in [1.54, 1.807) is 44.1 Å². The van der Waals surface area contributed by atoms with E-state index in [0.29, 0.717) is 21.9 Å². The minimum absolute atomic E-state index is 0.111. The van der Waals surface area contributed by atoms with Crippen LogP contribution in [0, 0.1) is 5.82 Å². The molecule has 0 aliphatic heterocycles. The molecule has 3 aromatic rings. The van der Waals surface area contributed by atoms with Crippen LogP contribution in [-0.4, -0.2) is 32.7 Å². The van der Waals surface area contributed by atoms with Gasteiger partial charge in [-0.1, -0.05) is 23.9 Å². The van der Waals surface area contributed by atoms with Crippen molar-refractivity contribution in [2.45, 2.75) is 23.9 Å². The Kier molecular flexibility index (Phi) is 5.43. The molecule has 136 valence electrons. The Hall–Kier alpha value is -2.19. The summed E-state index contributed by atoms with van der Waals surface area (Å²) in [5, 5.41) is 2.49. The third-order valence-corrected chi connectivity index (χ3v) is 5.92. The van der Waals surface area contributed by atoms with Gasteiger partial charge in [0, 0.05) is 20.6 Å². The number of benzene rings is 1. The molecule has 26 heavy (non-hydrogen) atoms. The maximum atomic E-state index is 13.3. The van der Waals surface area contributed by atoms with Crippen LogP contribution in [0.3, 0.4) is 0 Å². The Morgan fingerprint density at radius 2 is 2.19 bits per heavy atom. The van der Waals surface area contributed by atoms with Crippen LogP contribution in [-0.2, 0) is 18.4 Å². The lowest BCUT2D eigenvalue weighted by atomic mass is 10.2. The molecule has 0 N–H and O–H groups in total. The minimum Gasteiger partial charge on any atom is -0.340 e. The number of carbonyl (C=O) groups is 1. The summed E-state index contributed by atoms with van der Waals surface area (Å²) in [5.74, 6) is -0.436. The van der Waals surface area contributed by atoms with Gasteiger partial charge in [-0.05, 0) is 36.1 Å². The molecule has 0 saturated carbocycles. The zero-order chi connectivity index (χ0) is 18.8. The normalized spacial score (nSPS) is 12.3. The molecule has 0 bridgehead atoms. The van der Waals surface area contributed by atoms with Crippen molar-refractivity contribution >= 4 is 39.2 Å². The van der Waals surface area contributed by atoms with E-state index in [2.05, 4.69) is 4.98 Å². The first-order valence-corrected chi connectivity index (χ1v) is 9.73. The fraction of sp³-hybridized carbons (Fsp3) is 0.278. The first-order valence-electron chi connectivity index (χ1n) is 7.97. The van der Waals surface area contributed by atoms with Crippen molar-refractivity contribution in [1.82, 2.24) is 14.5 Å². The molecular weight excluding hydrogens is 373 g/mol. The molecule has 1 unspecified atom stereocenters. The maximum absolute atomic E-state index is 13.3. The van der Waals surface area contributed by atoms with E-state index < -0.39 is 5.25 Å². The van der Waals surface area contributed by atoms with Gasteiger partial charge in [-0.3, -0.25) is 14.2 Å². The van der Waals surface area contributed by atoms with Gasteiger partial charge in [0.05, 0.1) is 10.6 Å². The lowest BCUT2D eigenvalue weighted by Crippen LogP contribution is -2.33. The number of rotatable bonds is 5. The Bertz CT molecular complexity index is 1020. The van der Waals surface area contributed by atoms with Crippen LogP contribution in [0.25, 0.3) is 10.2 Å². The summed E-state index contributed by atoms with van der Waals surface area (Å²) in [5.41, 5.74) is 0.607. The van der Waals surface area contributed by atoms with Gasteiger partial charge in [-0.2, -0.15) is 0 Å². The molecule has 1 atom stereocenters. The van der Waals surface area contributed by atoms with Crippen molar-refractivity contribution in [3.63, 3.8) is 0 Å². The highest BCUT2D eigenvalue weighted by molar-refractivity contribution is 8.00. The smallest absolute Gasteiger partial charge is 0.262 e. The third-order valence-electron chi connectivity index (χ3n) is 3.98. The Morgan fingerprint density at radius 1 is 1.42 bits per heavy atom. The largest absolute Gasteiger partial charge is 0.340 e. The Labute approximate surface area is 158 Å². The molecule has 0 saturated heterocycles. The third kappa shape index (κ3) is 3.81. The van der Waals surface area contributed by atoms with Crippen LogP contribution in [0.15, 0.2) is 45.7 Å². The van der Waals surface area contributed by atoms with Gasteiger partial charge in [0.1, 0.15) is 10.6 Å².